The zero-order valence-electron chi connectivity index (χ0n) is 24.0. The van der Waals surface area contributed by atoms with Crippen LogP contribution in [0.2, 0.25) is 0 Å². The van der Waals surface area contributed by atoms with Gasteiger partial charge < -0.3 is 15.5 Å². The molecule has 1 aliphatic rings. The standard InChI is InChI=1S/C32H31F3N4O5S/c33-32(34,35)23-12-15-27-25(16-23)37-30(45-27)38-31(44)39(24-13-10-21(11-14-24)20-4-2-1-3-5-20)18-19-6-8-22(9-7-19)28(41)36-17-26(40)29(42)43/h6-16,20,26,40H,1-5,17-18H2,(H,36,41)(H,42,43)(H,37,38,44)/t26-/m1/s1. The first-order chi connectivity index (χ1) is 21.5. The van der Waals surface area contributed by atoms with Crippen LogP contribution in [0.15, 0.2) is 66.7 Å². The minimum absolute atomic E-state index is 0.0946. The Hall–Kier alpha value is -4.49. The monoisotopic (exact) mass is 640 g/mol. The van der Waals surface area contributed by atoms with Crippen LogP contribution in [0.3, 0.4) is 0 Å². The Kier molecular flexibility index (Phi) is 9.68. The van der Waals surface area contributed by atoms with Gasteiger partial charge in [-0.15, -0.1) is 0 Å². The third kappa shape index (κ3) is 7.97. The number of aromatic nitrogens is 1. The molecule has 1 aliphatic carbocycles. The van der Waals surface area contributed by atoms with Crippen LogP contribution in [-0.2, 0) is 17.5 Å². The van der Waals surface area contributed by atoms with E-state index in [4.69, 9.17) is 5.11 Å². The number of aliphatic carboxylic acids is 1. The lowest BCUT2D eigenvalue weighted by atomic mass is 9.84. The number of amides is 3. The number of aliphatic hydroxyl groups excluding tert-OH is 1. The van der Waals surface area contributed by atoms with Crippen molar-refractivity contribution < 1.29 is 37.8 Å². The van der Waals surface area contributed by atoms with E-state index in [0.29, 0.717) is 21.9 Å². The molecule has 1 atom stereocenters. The van der Waals surface area contributed by atoms with Crippen molar-refractivity contribution in [1.29, 1.82) is 0 Å². The van der Waals surface area contributed by atoms with Crippen LogP contribution in [0.5, 0.6) is 0 Å². The number of benzene rings is 3. The minimum atomic E-state index is -4.52. The number of fused-ring (bicyclic) bond motifs is 1. The highest BCUT2D eigenvalue weighted by Crippen LogP contribution is 2.35. The molecule has 236 valence electrons. The number of thiazole rings is 1. The average molecular weight is 641 g/mol. The number of nitrogens with one attached hydrogen (secondary N) is 2. The van der Waals surface area contributed by atoms with Crippen molar-refractivity contribution in [3.63, 3.8) is 0 Å². The smallest absolute Gasteiger partial charge is 0.416 e. The molecule has 0 bridgehead atoms. The van der Waals surface area contributed by atoms with Gasteiger partial charge in [-0.3, -0.25) is 15.0 Å². The number of carboxylic acids is 1. The number of alkyl halides is 3. The number of aliphatic hydroxyl groups is 1. The minimum Gasteiger partial charge on any atom is -0.479 e. The molecule has 4 N–H and O–H groups in total. The van der Waals surface area contributed by atoms with Gasteiger partial charge in [0.25, 0.3) is 5.91 Å². The van der Waals surface area contributed by atoms with Gasteiger partial charge in [0, 0.05) is 11.3 Å². The number of hydrogen-bond acceptors (Lipinski definition) is 6. The summed E-state index contributed by atoms with van der Waals surface area (Å²) in [6.07, 6.45) is -0.414. The first kappa shape index (κ1) is 31.9. The maximum absolute atomic E-state index is 13.7. The number of urea groups is 1. The second kappa shape index (κ2) is 13.7. The molecule has 9 nitrogen and oxygen atoms in total. The molecule has 1 saturated carbocycles. The zero-order valence-corrected chi connectivity index (χ0v) is 24.8. The van der Waals surface area contributed by atoms with Crippen LogP contribution in [0.1, 0.15) is 65.1 Å². The molecule has 5 rings (SSSR count). The summed E-state index contributed by atoms with van der Waals surface area (Å²) in [5.74, 6) is -1.55. The van der Waals surface area contributed by atoms with E-state index >= 15 is 0 Å². The second-order valence-corrected chi connectivity index (χ2v) is 11.9. The number of nitrogens with zero attached hydrogens (tertiary/aromatic N) is 2. The Morgan fingerprint density at radius 3 is 2.31 bits per heavy atom. The molecule has 0 unspecified atom stereocenters. The molecule has 3 aromatic carbocycles. The van der Waals surface area contributed by atoms with Crippen molar-refractivity contribution in [3.8, 4) is 0 Å². The van der Waals surface area contributed by atoms with Crippen molar-refractivity contribution in [2.75, 3.05) is 16.8 Å². The van der Waals surface area contributed by atoms with Crippen molar-refractivity contribution in [2.45, 2.75) is 56.8 Å². The van der Waals surface area contributed by atoms with E-state index in [-0.39, 0.29) is 22.8 Å². The highest BCUT2D eigenvalue weighted by Gasteiger charge is 2.31. The summed E-state index contributed by atoms with van der Waals surface area (Å²) in [7, 11) is 0. The van der Waals surface area contributed by atoms with Crippen molar-refractivity contribution in [3.05, 3.63) is 89.0 Å². The van der Waals surface area contributed by atoms with Gasteiger partial charge in [-0.05, 0) is 72.4 Å². The summed E-state index contributed by atoms with van der Waals surface area (Å²) < 4.78 is 40.1. The van der Waals surface area contributed by atoms with Crippen LogP contribution >= 0.6 is 11.3 Å². The molecule has 1 heterocycles. The lowest BCUT2D eigenvalue weighted by molar-refractivity contribution is -0.146. The maximum Gasteiger partial charge on any atom is 0.416 e. The predicted molar refractivity (Wildman–Crippen MR) is 165 cm³/mol. The van der Waals surface area contributed by atoms with E-state index < -0.39 is 42.3 Å². The molecule has 13 heteroatoms. The van der Waals surface area contributed by atoms with Gasteiger partial charge in [0.2, 0.25) is 0 Å². The molecule has 0 radical (unpaired) electrons. The summed E-state index contributed by atoms with van der Waals surface area (Å²) in [4.78, 5) is 42.5. The lowest BCUT2D eigenvalue weighted by Gasteiger charge is -2.25. The molecule has 1 aromatic heterocycles. The Bertz CT molecular complexity index is 1670. The van der Waals surface area contributed by atoms with Crippen LogP contribution in [0, 0.1) is 0 Å². The molecule has 1 fully saturated rings. The first-order valence-electron chi connectivity index (χ1n) is 14.4. The average Bonchev–Trinajstić information content (AvgIpc) is 3.44. The zero-order chi connectivity index (χ0) is 32.1. The maximum atomic E-state index is 13.7. The van der Waals surface area contributed by atoms with Crippen molar-refractivity contribution >= 4 is 50.3 Å². The molecule has 4 aromatic rings. The van der Waals surface area contributed by atoms with Gasteiger partial charge in [0.15, 0.2) is 11.2 Å². The van der Waals surface area contributed by atoms with Gasteiger partial charge >= 0.3 is 18.2 Å². The lowest BCUT2D eigenvalue weighted by Crippen LogP contribution is -2.36. The number of carbonyl (C=O) groups is 3. The van der Waals surface area contributed by atoms with E-state index in [0.717, 1.165) is 36.3 Å². The van der Waals surface area contributed by atoms with E-state index in [1.807, 2.05) is 24.3 Å². The normalized spacial score (nSPS) is 14.6. The van der Waals surface area contributed by atoms with E-state index in [2.05, 4.69) is 15.6 Å². The fraction of sp³-hybridized carbons (Fsp3) is 0.312. The van der Waals surface area contributed by atoms with Gasteiger partial charge in [0.1, 0.15) is 0 Å². The predicted octanol–water partition coefficient (Wildman–Crippen LogP) is 6.78. The SMILES string of the molecule is O=C(NC[C@@H](O)C(=O)O)c1ccc(CN(C(=O)Nc2nc3cc(C(F)(F)F)ccc3s2)c2ccc(C3CCCCC3)cc2)cc1. The molecule has 0 spiro atoms. The third-order valence-corrected chi connectivity index (χ3v) is 8.70. The topological polar surface area (TPSA) is 132 Å². The van der Waals surface area contributed by atoms with Crippen LogP contribution in [0.4, 0.5) is 28.8 Å². The summed E-state index contributed by atoms with van der Waals surface area (Å²) in [5, 5.41) is 23.4. The highest BCUT2D eigenvalue weighted by atomic mass is 32.1. The number of rotatable bonds is 9. The van der Waals surface area contributed by atoms with E-state index in [9.17, 15) is 32.7 Å². The Morgan fingerprint density at radius 1 is 0.978 bits per heavy atom. The Labute approximate surface area is 260 Å². The molecular formula is C32H31F3N4O5S. The fourth-order valence-electron chi connectivity index (χ4n) is 5.28. The number of carboxylic acid groups (broad SMARTS) is 1. The second-order valence-electron chi connectivity index (χ2n) is 10.9. The highest BCUT2D eigenvalue weighted by molar-refractivity contribution is 7.22. The van der Waals surface area contributed by atoms with Crippen molar-refractivity contribution in [2.24, 2.45) is 0 Å². The van der Waals surface area contributed by atoms with Gasteiger partial charge in [-0.2, -0.15) is 13.2 Å². The Balaban J connectivity index is 1.36. The molecule has 0 aliphatic heterocycles. The summed E-state index contributed by atoms with van der Waals surface area (Å²) >= 11 is 1.06. The number of carbonyl (C=O) groups excluding carboxylic acids is 2. The van der Waals surface area contributed by atoms with Gasteiger partial charge in [0.05, 0.1) is 28.9 Å². The quantitative estimate of drug-likeness (QED) is 0.160. The number of anilines is 2. The summed E-state index contributed by atoms with van der Waals surface area (Å²) in [6, 6.07) is 16.8. The summed E-state index contributed by atoms with van der Waals surface area (Å²) in [6.45, 7) is -0.360. The number of hydrogen-bond donors (Lipinski definition) is 4. The van der Waals surface area contributed by atoms with Crippen LogP contribution < -0.4 is 15.5 Å². The summed E-state index contributed by atoms with van der Waals surface area (Å²) in [5.41, 5.74) is 2.00. The third-order valence-electron chi connectivity index (χ3n) is 7.75. The Morgan fingerprint density at radius 2 is 1.67 bits per heavy atom. The van der Waals surface area contributed by atoms with Crippen LogP contribution in [-0.4, -0.2) is 45.8 Å². The van der Waals surface area contributed by atoms with Gasteiger partial charge in [-0.25, -0.2) is 14.6 Å². The van der Waals surface area contributed by atoms with E-state index in [1.54, 1.807) is 12.1 Å². The molecule has 0 saturated heterocycles. The molecule has 3 amide bonds. The van der Waals surface area contributed by atoms with Gasteiger partial charge in [-0.1, -0.05) is 54.9 Å². The number of halogens is 3. The molecular weight excluding hydrogens is 609 g/mol. The van der Waals surface area contributed by atoms with Crippen LogP contribution in [0.25, 0.3) is 10.2 Å². The van der Waals surface area contributed by atoms with E-state index in [1.165, 1.54) is 47.9 Å². The first-order valence-corrected chi connectivity index (χ1v) is 15.2. The largest absolute Gasteiger partial charge is 0.479 e. The fourth-order valence-corrected chi connectivity index (χ4v) is 6.12. The van der Waals surface area contributed by atoms with Crippen molar-refractivity contribution in [1.82, 2.24) is 10.3 Å². The molecule has 45 heavy (non-hydrogen) atoms.